The van der Waals surface area contributed by atoms with Crippen molar-refractivity contribution >= 4 is 0 Å². The van der Waals surface area contributed by atoms with Crippen LogP contribution in [0, 0.1) is 20.2 Å². The fourth-order valence-corrected chi connectivity index (χ4v) is 0.385. The van der Waals surface area contributed by atoms with E-state index in [2.05, 4.69) is 6.58 Å². The molecule has 0 aromatic rings. The Morgan fingerprint density at radius 2 is 2.00 bits per heavy atom. The van der Waals surface area contributed by atoms with Crippen LogP contribution in [0.3, 0.4) is 0 Å². The topological polar surface area (TPSA) is 86.3 Å². The Morgan fingerprint density at radius 3 is 2.36 bits per heavy atom. The molecule has 11 heavy (non-hydrogen) atoms. The fraction of sp³-hybridized carbons (Fsp3) is 0.200. The summed E-state index contributed by atoms with van der Waals surface area (Å²) in [5.74, 6) is 0. The van der Waals surface area contributed by atoms with Gasteiger partial charge in [-0.3, -0.25) is 20.2 Å². The molecule has 0 unspecified atom stereocenters. The lowest BCUT2D eigenvalue weighted by Gasteiger charge is -1.88. The molecule has 0 N–H and O–H groups in total. The molecule has 0 rings (SSSR count). The fourth-order valence-electron chi connectivity index (χ4n) is 0.385. The van der Waals surface area contributed by atoms with Crippen LogP contribution in [-0.2, 0) is 0 Å². The van der Waals surface area contributed by atoms with E-state index in [1.807, 2.05) is 0 Å². The predicted octanol–water partition coefficient (Wildman–Crippen LogP) is 0.610. The first-order valence-electron chi connectivity index (χ1n) is 2.63. The molecule has 0 atom stereocenters. The van der Waals surface area contributed by atoms with Gasteiger partial charge in [-0.25, -0.2) is 0 Å². The van der Waals surface area contributed by atoms with Gasteiger partial charge >= 0.3 is 0 Å². The van der Waals surface area contributed by atoms with Gasteiger partial charge in [-0.15, -0.1) is 0 Å². The zero-order valence-electron chi connectivity index (χ0n) is 5.60. The standard InChI is InChI=1S/C5H6N2O4/c1-5(4-7(10)11)2-3-6(8)9/h2-3H,1,4H2. The van der Waals surface area contributed by atoms with Gasteiger partial charge in [-0.1, -0.05) is 6.58 Å². The van der Waals surface area contributed by atoms with Crippen molar-refractivity contribution in [2.45, 2.75) is 0 Å². The van der Waals surface area contributed by atoms with E-state index in [9.17, 15) is 20.2 Å². The van der Waals surface area contributed by atoms with Gasteiger partial charge in [0.05, 0.1) is 4.92 Å². The summed E-state index contributed by atoms with van der Waals surface area (Å²) >= 11 is 0. The molecule has 0 aliphatic carbocycles. The number of nitrogens with zero attached hydrogens (tertiary/aromatic N) is 2. The van der Waals surface area contributed by atoms with Crippen molar-refractivity contribution in [3.05, 3.63) is 44.7 Å². The molecule has 0 fully saturated rings. The molecule has 0 saturated carbocycles. The van der Waals surface area contributed by atoms with Crippen LogP contribution in [0.2, 0.25) is 0 Å². The quantitative estimate of drug-likeness (QED) is 0.340. The van der Waals surface area contributed by atoms with E-state index in [0.29, 0.717) is 6.20 Å². The highest BCUT2D eigenvalue weighted by atomic mass is 16.6. The molecular weight excluding hydrogens is 152 g/mol. The lowest BCUT2D eigenvalue weighted by atomic mass is 10.3. The van der Waals surface area contributed by atoms with Gasteiger partial charge in [-0.2, -0.15) is 0 Å². The summed E-state index contributed by atoms with van der Waals surface area (Å²) in [7, 11) is 0. The maximum Gasteiger partial charge on any atom is 0.234 e. The minimum Gasteiger partial charge on any atom is -0.264 e. The summed E-state index contributed by atoms with van der Waals surface area (Å²) < 4.78 is 0. The second-order valence-corrected chi connectivity index (χ2v) is 1.75. The van der Waals surface area contributed by atoms with E-state index in [1.54, 1.807) is 0 Å². The van der Waals surface area contributed by atoms with E-state index in [1.165, 1.54) is 0 Å². The Labute approximate surface area is 62.1 Å². The number of rotatable bonds is 4. The van der Waals surface area contributed by atoms with Crippen molar-refractivity contribution in [3.8, 4) is 0 Å². The number of hydrogen-bond donors (Lipinski definition) is 0. The van der Waals surface area contributed by atoms with Gasteiger partial charge in [0.25, 0.3) is 0 Å². The van der Waals surface area contributed by atoms with Crippen LogP contribution in [0.4, 0.5) is 0 Å². The highest BCUT2D eigenvalue weighted by Gasteiger charge is 1.99. The van der Waals surface area contributed by atoms with Crippen molar-refractivity contribution in [3.63, 3.8) is 0 Å². The SMILES string of the molecule is C=C(C=C[N+](=O)[O-])C[N+](=O)[O-]. The Morgan fingerprint density at radius 1 is 1.45 bits per heavy atom. The summed E-state index contributed by atoms with van der Waals surface area (Å²) in [6.45, 7) is 2.77. The molecule has 0 saturated heterocycles. The Bertz CT molecular complexity index is 221. The minimum absolute atomic E-state index is 0.103. The van der Waals surface area contributed by atoms with Crippen molar-refractivity contribution in [1.29, 1.82) is 0 Å². The van der Waals surface area contributed by atoms with Crippen LogP contribution in [-0.4, -0.2) is 16.4 Å². The predicted molar refractivity (Wildman–Crippen MR) is 37.1 cm³/mol. The van der Waals surface area contributed by atoms with Gasteiger partial charge in [0.15, 0.2) is 0 Å². The highest BCUT2D eigenvalue weighted by Crippen LogP contribution is 1.92. The van der Waals surface area contributed by atoms with Crippen LogP contribution in [0.5, 0.6) is 0 Å². The second kappa shape index (κ2) is 4.15. The van der Waals surface area contributed by atoms with Crippen LogP contribution in [0.1, 0.15) is 0 Å². The molecule has 0 aromatic carbocycles. The molecule has 0 aliphatic heterocycles. The summed E-state index contributed by atoms with van der Waals surface area (Å²) in [4.78, 5) is 18.2. The first kappa shape index (κ1) is 9.28. The maximum absolute atomic E-state index is 9.80. The monoisotopic (exact) mass is 158 g/mol. The third-order valence-corrected chi connectivity index (χ3v) is 0.764. The average molecular weight is 158 g/mol. The normalized spacial score (nSPS) is 9.82. The molecule has 0 bridgehead atoms. The van der Waals surface area contributed by atoms with E-state index in [4.69, 9.17) is 0 Å². The Kier molecular flexibility index (Phi) is 3.50. The summed E-state index contributed by atoms with van der Waals surface area (Å²) in [5, 5.41) is 19.5. The van der Waals surface area contributed by atoms with Crippen LogP contribution in [0.15, 0.2) is 24.4 Å². The third-order valence-electron chi connectivity index (χ3n) is 0.764. The molecule has 0 aliphatic rings. The number of nitro groups is 2. The van der Waals surface area contributed by atoms with Crippen molar-refractivity contribution in [1.82, 2.24) is 0 Å². The van der Waals surface area contributed by atoms with Crippen LogP contribution < -0.4 is 0 Å². The molecule has 0 aromatic heterocycles. The zero-order valence-corrected chi connectivity index (χ0v) is 5.60. The van der Waals surface area contributed by atoms with Gasteiger partial charge in [0, 0.05) is 16.6 Å². The van der Waals surface area contributed by atoms with Crippen molar-refractivity contribution in [2.75, 3.05) is 6.54 Å². The zero-order chi connectivity index (χ0) is 8.85. The van der Waals surface area contributed by atoms with E-state index in [0.717, 1.165) is 6.08 Å². The summed E-state index contributed by atoms with van der Waals surface area (Å²) in [6.07, 6.45) is 1.62. The minimum atomic E-state index is -0.703. The van der Waals surface area contributed by atoms with Gasteiger partial charge in [0.2, 0.25) is 12.7 Å². The Balaban J connectivity index is 3.88. The third kappa shape index (κ3) is 6.16. The lowest BCUT2D eigenvalue weighted by molar-refractivity contribution is -0.470. The molecular formula is C5H6N2O4. The van der Waals surface area contributed by atoms with E-state index in [-0.39, 0.29) is 5.57 Å². The molecule has 0 radical (unpaired) electrons. The number of hydrogen-bond acceptors (Lipinski definition) is 4. The summed E-state index contributed by atoms with van der Waals surface area (Å²) in [5.41, 5.74) is 0.103. The summed E-state index contributed by atoms with van der Waals surface area (Å²) in [6, 6.07) is 0. The molecule has 0 heterocycles. The molecule has 60 valence electrons. The largest absolute Gasteiger partial charge is 0.264 e. The van der Waals surface area contributed by atoms with Crippen molar-refractivity contribution in [2.24, 2.45) is 0 Å². The van der Waals surface area contributed by atoms with Crippen LogP contribution >= 0.6 is 0 Å². The smallest absolute Gasteiger partial charge is 0.234 e. The highest BCUT2D eigenvalue weighted by molar-refractivity contribution is 5.12. The molecule has 6 nitrogen and oxygen atoms in total. The average Bonchev–Trinajstić information content (AvgIpc) is 1.82. The molecule has 6 heteroatoms. The van der Waals surface area contributed by atoms with Crippen molar-refractivity contribution < 1.29 is 9.85 Å². The second-order valence-electron chi connectivity index (χ2n) is 1.75. The van der Waals surface area contributed by atoms with Crippen LogP contribution in [0.25, 0.3) is 0 Å². The lowest BCUT2D eigenvalue weighted by Crippen LogP contribution is -2.01. The maximum atomic E-state index is 9.80. The molecule has 0 spiro atoms. The first-order chi connectivity index (χ1) is 5.02. The van der Waals surface area contributed by atoms with E-state index < -0.39 is 16.4 Å². The Hall–Kier alpha value is -1.72. The van der Waals surface area contributed by atoms with Gasteiger partial charge < -0.3 is 0 Å². The van der Waals surface area contributed by atoms with E-state index >= 15 is 0 Å². The first-order valence-corrected chi connectivity index (χ1v) is 2.63. The molecule has 0 amide bonds. The van der Waals surface area contributed by atoms with Gasteiger partial charge in [0.1, 0.15) is 0 Å². The van der Waals surface area contributed by atoms with Gasteiger partial charge in [-0.05, 0) is 0 Å².